The van der Waals surface area contributed by atoms with Crippen LogP contribution in [0, 0.1) is 11.3 Å². The molecule has 0 radical (unpaired) electrons. The molecule has 1 saturated heterocycles. The van der Waals surface area contributed by atoms with Gasteiger partial charge < -0.3 is 19.5 Å². The third kappa shape index (κ3) is 3.72. The lowest BCUT2D eigenvalue weighted by Crippen LogP contribution is -2.44. The van der Waals surface area contributed by atoms with Crippen molar-refractivity contribution in [1.29, 1.82) is 0 Å². The summed E-state index contributed by atoms with van der Waals surface area (Å²) in [5, 5.41) is 11.0. The number of nitrogens with one attached hydrogen (secondary N) is 1. The van der Waals surface area contributed by atoms with E-state index in [1.54, 1.807) is 27.7 Å². The lowest BCUT2D eigenvalue weighted by atomic mass is 9.83. The molecule has 2 unspecified atom stereocenters. The Morgan fingerprint density at radius 2 is 2.07 bits per heavy atom. The zero-order valence-electron chi connectivity index (χ0n) is 16.2. The number of aliphatic hydroxyl groups is 1. The van der Waals surface area contributed by atoms with Crippen LogP contribution in [-0.4, -0.2) is 50.1 Å². The van der Waals surface area contributed by atoms with E-state index in [1.165, 1.54) is 6.20 Å². The molecule has 2 heterocycles. The number of carbonyl (C=O) groups excluding carboxylic acids is 1. The van der Waals surface area contributed by atoms with E-state index in [-0.39, 0.29) is 0 Å². The smallest absolute Gasteiger partial charge is 0.438 e. The van der Waals surface area contributed by atoms with Crippen molar-refractivity contribution in [2.45, 2.75) is 51.7 Å². The molecule has 3 rings (SSSR count). The van der Waals surface area contributed by atoms with Crippen molar-refractivity contribution in [2.75, 3.05) is 6.79 Å². The van der Waals surface area contributed by atoms with Gasteiger partial charge in [-0.25, -0.2) is 13.9 Å². The maximum Gasteiger partial charge on any atom is 0.475 e. The Morgan fingerprint density at radius 3 is 2.59 bits per heavy atom. The van der Waals surface area contributed by atoms with E-state index in [9.17, 15) is 28.9 Å². The molecule has 1 aliphatic carbocycles. The number of aromatic nitrogens is 2. The molecule has 0 aromatic carbocycles. The number of aromatic amines is 1. The van der Waals surface area contributed by atoms with Gasteiger partial charge in [0.1, 0.15) is 24.0 Å². The standard InChI is InChI=1S/C16H23N2O10P/c1-8(2)12(20)25-7-26-29(23,24)28-11-10-16(11,22)15(3,4)13(27-10)18-6-5-9(19)17-14(18)21/h5-6,8,10-11,13,22H,7H2,1-4H3,(H,23,24)(H,17,19,21)/t10-,11?,13-,16+/m1/s1. The van der Waals surface area contributed by atoms with Crippen molar-refractivity contribution < 1.29 is 37.9 Å². The van der Waals surface area contributed by atoms with E-state index in [2.05, 4.69) is 14.2 Å². The summed E-state index contributed by atoms with van der Waals surface area (Å²) in [6, 6.07) is 1.14. The quantitative estimate of drug-likeness (QED) is 0.299. The van der Waals surface area contributed by atoms with Gasteiger partial charge in [-0.05, 0) is 0 Å². The maximum atomic E-state index is 12.1. The van der Waals surface area contributed by atoms with Crippen LogP contribution in [0.1, 0.15) is 33.9 Å². The second-order valence-corrected chi connectivity index (χ2v) is 9.24. The fourth-order valence-electron chi connectivity index (χ4n) is 3.38. The number of rotatable bonds is 7. The number of nitrogens with zero attached hydrogens (tertiary/aromatic N) is 1. The molecular formula is C16H23N2O10P. The highest BCUT2D eigenvalue weighted by Gasteiger charge is 2.82. The van der Waals surface area contributed by atoms with Gasteiger partial charge in [-0.1, -0.05) is 27.7 Å². The van der Waals surface area contributed by atoms with E-state index in [0.717, 1.165) is 10.6 Å². The van der Waals surface area contributed by atoms with Crippen molar-refractivity contribution >= 4 is 13.8 Å². The average Bonchev–Trinajstić information content (AvgIpc) is 3.08. The second kappa shape index (κ2) is 7.15. The summed E-state index contributed by atoms with van der Waals surface area (Å²) in [5.41, 5.74) is -4.12. The molecule has 29 heavy (non-hydrogen) atoms. The zero-order valence-corrected chi connectivity index (χ0v) is 17.1. The van der Waals surface area contributed by atoms with Gasteiger partial charge in [-0.3, -0.25) is 23.7 Å². The molecule has 1 saturated carbocycles. The molecule has 0 amide bonds. The molecule has 5 atom stereocenters. The monoisotopic (exact) mass is 434 g/mol. The summed E-state index contributed by atoms with van der Waals surface area (Å²) in [6.07, 6.45) is -1.93. The molecule has 0 bridgehead atoms. The Hall–Kier alpha value is -1.82. The van der Waals surface area contributed by atoms with Gasteiger partial charge in [-0.2, -0.15) is 0 Å². The highest BCUT2D eigenvalue weighted by Crippen LogP contribution is 2.68. The Balaban J connectivity index is 1.67. The van der Waals surface area contributed by atoms with E-state index in [1.807, 2.05) is 0 Å². The van der Waals surface area contributed by atoms with Gasteiger partial charge in [0.2, 0.25) is 6.79 Å². The summed E-state index contributed by atoms with van der Waals surface area (Å²) < 4.78 is 33.2. The summed E-state index contributed by atoms with van der Waals surface area (Å²) in [6.45, 7) is 5.56. The first-order chi connectivity index (χ1) is 13.3. The summed E-state index contributed by atoms with van der Waals surface area (Å²) in [5.74, 6) is -1.06. The molecule has 1 aromatic rings. The van der Waals surface area contributed by atoms with Crippen LogP contribution in [0.4, 0.5) is 0 Å². The fourth-order valence-corrected chi connectivity index (χ4v) is 4.19. The van der Waals surface area contributed by atoms with Crippen LogP contribution in [-0.2, 0) is 27.9 Å². The van der Waals surface area contributed by atoms with Gasteiger partial charge in [0.05, 0.1) is 5.92 Å². The lowest BCUT2D eigenvalue weighted by molar-refractivity contribution is -0.155. The van der Waals surface area contributed by atoms with E-state index < -0.39 is 67.2 Å². The number of phosphoric acid groups is 1. The van der Waals surface area contributed by atoms with Crippen LogP contribution < -0.4 is 11.2 Å². The van der Waals surface area contributed by atoms with Gasteiger partial charge in [0, 0.05) is 17.7 Å². The number of hydrogen-bond donors (Lipinski definition) is 3. The number of esters is 1. The first kappa shape index (κ1) is 21.9. The van der Waals surface area contributed by atoms with E-state index >= 15 is 0 Å². The van der Waals surface area contributed by atoms with Crippen molar-refractivity contribution in [3.05, 3.63) is 33.1 Å². The molecule has 13 heteroatoms. The lowest BCUT2D eigenvalue weighted by Gasteiger charge is -2.34. The molecule has 12 nitrogen and oxygen atoms in total. The summed E-state index contributed by atoms with van der Waals surface area (Å²) in [4.78, 5) is 46.6. The number of phosphoric ester groups is 1. The SMILES string of the molecule is CC(C)C(=O)OCOP(=O)(O)OC1[C@H]2O[C@@H](n3ccc(=O)[nH]c3=O)C(C)(C)[C@@]12O. The summed E-state index contributed by atoms with van der Waals surface area (Å²) >= 11 is 0. The highest BCUT2D eigenvalue weighted by atomic mass is 31.2. The third-order valence-electron chi connectivity index (χ3n) is 5.20. The van der Waals surface area contributed by atoms with Crippen LogP contribution in [0.25, 0.3) is 0 Å². The largest absolute Gasteiger partial charge is 0.475 e. The van der Waals surface area contributed by atoms with Gasteiger partial charge >= 0.3 is 19.5 Å². The third-order valence-corrected chi connectivity index (χ3v) is 6.12. The second-order valence-electron chi connectivity index (χ2n) is 7.83. The molecule has 3 N–H and O–H groups in total. The molecule has 0 spiro atoms. The topological polar surface area (TPSA) is 166 Å². The Bertz CT molecular complexity index is 969. The molecule has 2 fully saturated rings. The van der Waals surface area contributed by atoms with Crippen LogP contribution in [0.2, 0.25) is 0 Å². The number of H-pyrrole nitrogens is 1. The number of ether oxygens (including phenoxy) is 2. The van der Waals surface area contributed by atoms with E-state index in [4.69, 9.17) is 9.26 Å². The van der Waals surface area contributed by atoms with Crippen molar-refractivity contribution in [2.24, 2.45) is 11.3 Å². The van der Waals surface area contributed by atoms with Crippen LogP contribution in [0.5, 0.6) is 0 Å². The predicted molar refractivity (Wildman–Crippen MR) is 95.5 cm³/mol. The Morgan fingerprint density at radius 1 is 1.41 bits per heavy atom. The van der Waals surface area contributed by atoms with Crippen molar-refractivity contribution in [1.82, 2.24) is 9.55 Å². The van der Waals surface area contributed by atoms with Gasteiger partial charge in [-0.15, -0.1) is 0 Å². The first-order valence-electron chi connectivity index (χ1n) is 8.83. The maximum absolute atomic E-state index is 12.1. The first-order valence-corrected chi connectivity index (χ1v) is 10.3. The molecule has 2 aliphatic rings. The summed E-state index contributed by atoms with van der Waals surface area (Å²) in [7, 11) is -4.67. The normalized spacial score (nSPS) is 31.9. The van der Waals surface area contributed by atoms with Gasteiger partial charge in [0.15, 0.2) is 0 Å². The van der Waals surface area contributed by atoms with Crippen LogP contribution in [0.15, 0.2) is 21.9 Å². The van der Waals surface area contributed by atoms with Crippen LogP contribution in [0.3, 0.4) is 0 Å². The van der Waals surface area contributed by atoms with Gasteiger partial charge in [0.25, 0.3) is 5.56 Å². The highest BCUT2D eigenvalue weighted by molar-refractivity contribution is 7.47. The minimum absolute atomic E-state index is 0.441. The number of carbonyl (C=O) groups is 1. The number of hydrogen-bond acceptors (Lipinski definition) is 9. The van der Waals surface area contributed by atoms with Crippen molar-refractivity contribution in [3.63, 3.8) is 0 Å². The van der Waals surface area contributed by atoms with Crippen molar-refractivity contribution in [3.8, 4) is 0 Å². The minimum atomic E-state index is -4.67. The minimum Gasteiger partial charge on any atom is -0.438 e. The fraction of sp³-hybridized carbons (Fsp3) is 0.688. The zero-order chi connectivity index (χ0) is 21.8. The Kier molecular flexibility index (Phi) is 5.39. The number of fused-ring (bicyclic) bond motifs is 1. The molecule has 1 aromatic heterocycles. The van der Waals surface area contributed by atoms with E-state index in [0.29, 0.717) is 0 Å². The average molecular weight is 434 g/mol. The molecule has 162 valence electrons. The Labute approximate surface area is 165 Å². The molecular weight excluding hydrogens is 411 g/mol. The predicted octanol–water partition coefficient (Wildman–Crippen LogP) is -0.136. The van der Waals surface area contributed by atoms with Crippen LogP contribution >= 0.6 is 7.82 Å². The molecule has 1 aliphatic heterocycles.